The first-order chi connectivity index (χ1) is 9.88. The summed E-state index contributed by atoms with van der Waals surface area (Å²) in [6, 6.07) is 0. The molecule has 1 aliphatic carbocycles. The second-order valence-electron chi connectivity index (χ2n) is 7.29. The Morgan fingerprint density at radius 2 is 1.81 bits per heavy atom. The van der Waals surface area contributed by atoms with Crippen molar-refractivity contribution < 1.29 is 5.11 Å². The lowest BCUT2D eigenvalue weighted by Gasteiger charge is -2.43. The number of hydrogen-bond acceptors (Lipinski definition) is 5. The highest BCUT2D eigenvalue weighted by atomic mass is 16.3. The SMILES string of the molecule is C[C@@H]1C[C@H](O)c2ncnc(N3CCN(C(C)(C)C)CC3)c21. The van der Waals surface area contributed by atoms with E-state index < -0.39 is 6.10 Å². The molecule has 1 aromatic rings. The maximum Gasteiger partial charge on any atom is 0.135 e. The molecule has 0 bridgehead atoms. The standard InChI is InChI=1S/C16H26N4O/c1-11-9-12(21)14-13(11)15(18-10-17-14)19-5-7-20(8-6-19)16(2,3)4/h10-12,21H,5-9H2,1-4H3/t11-,12+/m1/s1. The van der Waals surface area contributed by atoms with E-state index in [0.29, 0.717) is 5.92 Å². The first-order valence-electron chi connectivity index (χ1n) is 7.91. The number of fused-ring (bicyclic) bond motifs is 1. The van der Waals surface area contributed by atoms with Gasteiger partial charge in [0.15, 0.2) is 0 Å². The molecule has 116 valence electrons. The van der Waals surface area contributed by atoms with Crippen molar-refractivity contribution in [3.63, 3.8) is 0 Å². The van der Waals surface area contributed by atoms with Gasteiger partial charge in [0.2, 0.25) is 0 Å². The van der Waals surface area contributed by atoms with Gasteiger partial charge in [0.05, 0.1) is 11.8 Å². The smallest absolute Gasteiger partial charge is 0.135 e. The number of aliphatic hydroxyl groups is 1. The number of rotatable bonds is 1. The lowest BCUT2D eigenvalue weighted by atomic mass is 10.0. The molecule has 1 N–H and O–H groups in total. The summed E-state index contributed by atoms with van der Waals surface area (Å²) in [5.74, 6) is 1.38. The highest BCUT2D eigenvalue weighted by Gasteiger charge is 2.34. The second-order valence-corrected chi connectivity index (χ2v) is 7.29. The highest BCUT2D eigenvalue weighted by molar-refractivity contribution is 5.53. The average molecular weight is 290 g/mol. The van der Waals surface area contributed by atoms with Crippen LogP contribution in [-0.4, -0.2) is 51.7 Å². The number of piperazine rings is 1. The van der Waals surface area contributed by atoms with E-state index in [0.717, 1.165) is 49.7 Å². The van der Waals surface area contributed by atoms with E-state index in [2.05, 4.69) is 47.5 Å². The molecule has 1 aromatic heterocycles. The minimum absolute atomic E-state index is 0.225. The number of nitrogens with zero attached hydrogens (tertiary/aromatic N) is 4. The van der Waals surface area contributed by atoms with Crippen LogP contribution in [0.2, 0.25) is 0 Å². The van der Waals surface area contributed by atoms with Crippen LogP contribution < -0.4 is 4.90 Å². The molecule has 2 aliphatic rings. The summed E-state index contributed by atoms with van der Waals surface area (Å²) in [6.45, 7) is 13.1. The Bertz CT molecular complexity index is 517. The second kappa shape index (κ2) is 5.21. The molecule has 2 atom stereocenters. The van der Waals surface area contributed by atoms with Crippen LogP contribution in [0.15, 0.2) is 6.33 Å². The van der Waals surface area contributed by atoms with E-state index in [1.54, 1.807) is 6.33 Å². The molecule has 1 fully saturated rings. The molecule has 21 heavy (non-hydrogen) atoms. The Kier molecular flexibility index (Phi) is 3.66. The van der Waals surface area contributed by atoms with Gasteiger partial charge < -0.3 is 10.0 Å². The predicted molar refractivity (Wildman–Crippen MR) is 83.6 cm³/mol. The fourth-order valence-corrected chi connectivity index (χ4v) is 3.54. The van der Waals surface area contributed by atoms with Crippen LogP contribution in [0.1, 0.15) is 57.4 Å². The summed E-state index contributed by atoms with van der Waals surface area (Å²) >= 11 is 0. The molecule has 5 heteroatoms. The van der Waals surface area contributed by atoms with E-state index >= 15 is 0 Å². The molecule has 0 spiro atoms. The molecule has 0 saturated carbocycles. The van der Waals surface area contributed by atoms with Crippen LogP contribution in [0, 0.1) is 0 Å². The van der Waals surface area contributed by atoms with Gasteiger partial charge in [-0.25, -0.2) is 9.97 Å². The zero-order valence-electron chi connectivity index (χ0n) is 13.5. The van der Waals surface area contributed by atoms with E-state index in [1.165, 1.54) is 0 Å². The van der Waals surface area contributed by atoms with Gasteiger partial charge in [0.1, 0.15) is 12.1 Å². The van der Waals surface area contributed by atoms with Gasteiger partial charge in [-0.15, -0.1) is 0 Å². The Labute approximate surface area is 127 Å². The molecular weight excluding hydrogens is 264 g/mol. The molecule has 1 saturated heterocycles. The van der Waals surface area contributed by atoms with Crippen LogP contribution in [0.3, 0.4) is 0 Å². The Morgan fingerprint density at radius 1 is 1.14 bits per heavy atom. The summed E-state index contributed by atoms with van der Waals surface area (Å²) in [4.78, 5) is 13.7. The lowest BCUT2D eigenvalue weighted by Crippen LogP contribution is -2.53. The maximum atomic E-state index is 10.1. The van der Waals surface area contributed by atoms with Crippen molar-refractivity contribution in [3.05, 3.63) is 17.6 Å². The van der Waals surface area contributed by atoms with Gasteiger partial charge >= 0.3 is 0 Å². The third-order valence-corrected chi connectivity index (χ3v) is 4.81. The van der Waals surface area contributed by atoms with Crippen LogP contribution in [0.25, 0.3) is 0 Å². The Morgan fingerprint density at radius 3 is 2.43 bits per heavy atom. The third-order valence-electron chi connectivity index (χ3n) is 4.81. The Hall–Kier alpha value is -1.20. The molecular formula is C16H26N4O. The van der Waals surface area contributed by atoms with Crippen LogP contribution in [0.4, 0.5) is 5.82 Å². The molecule has 0 radical (unpaired) electrons. The first kappa shape index (κ1) is 14.7. The minimum atomic E-state index is -0.424. The zero-order chi connectivity index (χ0) is 15.2. The van der Waals surface area contributed by atoms with E-state index in [1.807, 2.05) is 0 Å². The van der Waals surface area contributed by atoms with Crippen molar-refractivity contribution in [1.29, 1.82) is 0 Å². The van der Waals surface area contributed by atoms with Crippen LogP contribution in [-0.2, 0) is 0 Å². The van der Waals surface area contributed by atoms with Gasteiger partial charge in [-0.05, 0) is 33.1 Å². The Balaban J connectivity index is 1.81. The van der Waals surface area contributed by atoms with Crippen LogP contribution in [0.5, 0.6) is 0 Å². The normalized spacial score (nSPS) is 27.0. The summed E-state index contributed by atoms with van der Waals surface area (Å²) in [7, 11) is 0. The summed E-state index contributed by atoms with van der Waals surface area (Å²) in [5, 5.41) is 10.1. The van der Waals surface area contributed by atoms with E-state index in [-0.39, 0.29) is 5.54 Å². The number of anilines is 1. The molecule has 0 amide bonds. The fourth-order valence-electron chi connectivity index (χ4n) is 3.54. The summed E-state index contributed by atoms with van der Waals surface area (Å²) < 4.78 is 0. The van der Waals surface area contributed by atoms with Gasteiger partial charge in [-0.1, -0.05) is 6.92 Å². The largest absolute Gasteiger partial charge is 0.387 e. The van der Waals surface area contributed by atoms with Crippen molar-refractivity contribution in [2.24, 2.45) is 0 Å². The molecule has 1 aliphatic heterocycles. The van der Waals surface area contributed by atoms with Gasteiger partial charge in [0.25, 0.3) is 0 Å². The van der Waals surface area contributed by atoms with Crippen molar-refractivity contribution in [2.45, 2.75) is 51.7 Å². The topological polar surface area (TPSA) is 52.5 Å². The summed E-state index contributed by atoms with van der Waals surface area (Å²) in [5.41, 5.74) is 2.23. The van der Waals surface area contributed by atoms with E-state index in [4.69, 9.17) is 0 Å². The van der Waals surface area contributed by atoms with Crippen LogP contribution >= 0.6 is 0 Å². The molecule has 3 rings (SSSR count). The average Bonchev–Trinajstić information content (AvgIpc) is 2.73. The van der Waals surface area contributed by atoms with E-state index in [9.17, 15) is 5.11 Å². The highest BCUT2D eigenvalue weighted by Crippen LogP contribution is 2.42. The van der Waals surface area contributed by atoms with Gasteiger partial charge in [0, 0.05) is 37.3 Å². The monoisotopic (exact) mass is 290 g/mol. The number of hydrogen-bond donors (Lipinski definition) is 1. The van der Waals surface area contributed by atoms with Crippen molar-refractivity contribution in [3.8, 4) is 0 Å². The maximum absolute atomic E-state index is 10.1. The fraction of sp³-hybridized carbons (Fsp3) is 0.750. The van der Waals surface area contributed by atoms with Gasteiger partial charge in [-0.3, -0.25) is 4.90 Å². The van der Waals surface area contributed by atoms with Gasteiger partial charge in [-0.2, -0.15) is 0 Å². The lowest BCUT2D eigenvalue weighted by molar-refractivity contribution is 0.128. The van der Waals surface area contributed by atoms with Crippen molar-refractivity contribution in [2.75, 3.05) is 31.1 Å². The zero-order valence-corrected chi connectivity index (χ0v) is 13.5. The minimum Gasteiger partial charge on any atom is -0.387 e. The number of aliphatic hydroxyl groups excluding tert-OH is 1. The third kappa shape index (κ3) is 2.64. The molecule has 5 nitrogen and oxygen atoms in total. The summed E-state index contributed by atoms with van der Waals surface area (Å²) in [6.07, 6.45) is 1.95. The first-order valence-corrected chi connectivity index (χ1v) is 7.91. The predicted octanol–water partition coefficient (Wildman–Crippen LogP) is 1.94. The number of aromatic nitrogens is 2. The molecule has 2 heterocycles. The quantitative estimate of drug-likeness (QED) is 0.856. The molecule has 0 aromatic carbocycles. The molecule has 0 unspecified atom stereocenters. The van der Waals surface area contributed by atoms with Crippen molar-refractivity contribution >= 4 is 5.82 Å². The van der Waals surface area contributed by atoms with Crippen molar-refractivity contribution in [1.82, 2.24) is 14.9 Å².